The van der Waals surface area contributed by atoms with Crippen LogP contribution in [0.3, 0.4) is 0 Å². The van der Waals surface area contributed by atoms with Crippen LogP contribution in [0.25, 0.3) is 0 Å². The lowest BCUT2D eigenvalue weighted by Crippen LogP contribution is -2.58. The molecule has 1 aromatic heterocycles. The molecule has 4 aliphatic carbocycles. The van der Waals surface area contributed by atoms with Crippen molar-refractivity contribution in [3.05, 3.63) is 51.9 Å². The van der Waals surface area contributed by atoms with Crippen LogP contribution in [0.5, 0.6) is 0 Å². The molecule has 0 atom stereocenters. The van der Waals surface area contributed by atoms with Crippen LogP contribution in [0.1, 0.15) is 61.2 Å². The number of carbonyl (C=O) groups is 1. The monoisotopic (exact) mass is 478 g/mol. The number of rotatable bonds is 4. The maximum absolute atomic E-state index is 13.8. The standard InChI is InChI=1S/C28H35ClN4O/c1-18-24(14-23-5-3-4-6-25(23)29)26(31-19(2)30-18)32-7-9-33(10-8-32)27(34)28-15-20-11-21(16-28)13-22(12-20)17-28/h3-6,20-22H,7-17H2,1-2H3. The van der Waals surface area contributed by atoms with Crippen LogP contribution in [0.4, 0.5) is 5.82 Å². The van der Waals surface area contributed by atoms with E-state index in [4.69, 9.17) is 16.6 Å². The van der Waals surface area contributed by atoms with Crippen molar-refractivity contribution in [1.29, 1.82) is 0 Å². The third-order valence-electron chi connectivity index (χ3n) is 8.99. The molecule has 0 N–H and O–H groups in total. The summed E-state index contributed by atoms with van der Waals surface area (Å²) in [5.74, 6) is 4.66. The third-order valence-corrected chi connectivity index (χ3v) is 9.36. The maximum atomic E-state index is 13.8. The Morgan fingerprint density at radius 3 is 2.21 bits per heavy atom. The highest BCUT2D eigenvalue weighted by atomic mass is 35.5. The number of aryl methyl sites for hydroxylation is 2. The molecule has 2 aromatic rings. The Labute approximate surface area is 207 Å². The summed E-state index contributed by atoms with van der Waals surface area (Å²) in [4.78, 5) is 27.9. The summed E-state index contributed by atoms with van der Waals surface area (Å²) in [6, 6.07) is 8.01. The molecular weight excluding hydrogens is 444 g/mol. The van der Waals surface area contributed by atoms with Crippen molar-refractivity contribution >= 4 is 23.3 Å². The van der Waals surface area contributed by atoms with Crippen LogP contribution >= 0.6 is 11.6 Å². The van der Waals surface area contributed by atoms with Gasteiger partial charge in [-0.3, -0.25) is 4.79 Å². The van der Waals surface area contributed by atoms with Crippen LogP contribution in [-0.4, -0.2) is 47.0 Å². The first-order valence-electron chi connectivity index (χ1n) is 13.0. The topological polar surface area (TPSA) is 49.3 Å². The van der Waals surface area contributed by atoms with Crippen molar-refractivity contribution < 1.29 is 4.79 Å². The molecule has 0 unspecified atom stereocenters. The van der Waals surface area contributed by atoms with E-state index in [1.165, 1.54) is 19.3 Å². The second-order valence-corrected chi connectivity index (χ2v) is 11.8. The second-order valence-electron chi connectivity index (χ2n) is 11.4. The Hall–Kier alpha value is -2.14. The Kier molecular flexibility index (Phi) is 5.59. The van der Waals surface area contributed by atoms with Crippen LogP contribution in [0, 0.1) is 37.0 Å². The number of benzene rings is 1. The first-order valence-corrected chi connectivity index (χ1v) is 13.4. The van der Waals surface area contributed by atoms with E-state index in [1.807, 2.05) is 25.1 Å². The van der Waals surface area contributed by atoms with Crippen molar-refractivity contribution in [3.63, 3.8) is 0 Å². The number of nitrogens with zero attached hydrogens (tertiary/aromatic N) is 4. The molecule has 2 heterocycles. The van der Waals surface area contributed by atoms with Gasteiger partial charge in [0.15, 0.2) is 0 Å². The van der Waals surface area contributed by atoms with E-state index < -0.39 is 0 Å². The molecule has 4 saturated carbocycles. The van der Waals surface area contributed by atoms with Gasteiger partial charge in [-0.2, -0.15) is 0 Å². The number of anilines is 1. The zero-order valence-corrected chi connectivity index (χ0v) is 21.2. The van der Waals surface area contributed by atoms with Crippen molar-refractivity contribution in [2.75, 3.05) is 31.1 Å². The molecule has 5 fully saturated rings. The van der Waals surface area contributed by atoms with E-state index >= 15 is 0 Å². The van der Waals surface area contributed by atoms with Crippen LogP contribution < -0.4 is 4.90 Å². The van der Waals surface area contributed by atoms with Crippen molar-refractivity contribution in [2.45, 2.75) is 58.8 Å². The minimum Gasteiger partial charge on any atom is -0.353 e. The highest BCUT2D eigenvalue weighted by Gasteiger charge is 2.55. The smallest absolute Gasteiger partial charge is 0.228 e. The number of hydrogen-bond donors (Lipinski definition) is 0. The predicted octanol–water partition coefficient (Wildman–Crippen LogP) is 5.20. The van der Waals surface area contributed by atoms with Gasteiger partial charge in [0.25, 0.3) is 0 Å². The van der Waals surface area contributed by atoms with E-state index in [0.717, 1.165) is 96.7 Å². The fourth-order valence-corrected chi connectivity index (χ4v) is 8.05. The summed E-state index contributed by atoms with van der Waals surface area (Å²) >= 11 is 6.48. The predicted molar refractivity (Wildman–Crippen MR) is 135 cm³/mol. The normalized spacial score (nSPS) is 30.1. The van der Waals surface area contributed by atoms with Gasteiger partial charge in [-0.1, -0.05) is 29.8 Å². The SMILES string of the molecule is Cc1nc(C)c(Cc2ccccc2Cl)c(N2CCN(C(=O)C34CC5CC(CC(C5)C3)C4)CC2)n1. The fourth-order valence-electron chi connectivity index (χ4n) is 7.85. The van der Waals surface area contributed by atoms with Gasteiger partial charge in [0.2, 0.25) is 5.91 Å². The number of carbonyl (C=O) groups excluding carboxylic acids is 1. The van der Waals surface area contributed by atoms with E-state index in [9.17, 15) is 4.79 Å². The first kappa shape index (κ1) is 22.3. The Morgan fingerprint density at radius 2 is 1.59 bits per heavy atom. The van der Waals surface area contributed by atoms with Gasteiger partial charge < -0.3 is 9.80 Å². The molecule has 1 aromatic carbocycles. The molecule has 7 rings (SSSR count). The lowest BCUT2D eigenvalue weighted by atomic mass is 9.49. The summed E-state index contributed by atoms with van der Waals surface area (Å²) in [7, 11) is 0. The molecule has 4 bridgehead atoms. The van der Waals surface area contributed by atoms with E-state index in [0.29, 0.717) is 12.3 Å². The van der Waals surface area contributed by atoms with Crippen LogP contribution in [0.2, 0.25) is 5.02 Å². The van der Waals surface area contributed by atoms with Gasteiger partial charge in [-0.15, -0.1) is 0 Å². The summed E-state index contributed by atoms with van der Waals surface area (Å²) in [5.41, 5.74) is 3.19. The number of halogens is 1. The van der Waals surface area contributed by atoms with Gasteiger partial charge in [0, 0.05) is 48.9 Å². The van der Waals surface area contributed by atoms with Crippen molar-refractivity contribution in [1.82, 2.24) is 14.9 Å². The van der Waals surface area contributed by atoms with Gasteiger partial charge in [-0.05, 0) is 81.8 Å². The number of piperazine rings is 1. The molecule has 5 nitrogen and oxygen atoms in total. The average molecular weight is 479 g/mol. The highest BCUT2D eigenvalue weighted by molar-refractivity contribution is 6.31. The summed E-state index contributed by atoms with van der Waals surface area (Å²) in [5, 5.41) is 0.777. The third kappa shape index (κ3) is 3.90. The van der Waals surface area contributed by atoms with Gasteiger partial charge in [0.1, 0.15) is 11.6 Å². The van der Waals surface area contributed by atoms with Crippen LogP contribution in [-0.2, 0) is 11.2 Å². The molecule has 0 radical (unpaired) electrons. The van der Waals surface area contributed by atoms with E-state index in [1.54, 1.807) is 0 Å². The Morgan fingerprint density at radius 1 is 0.971 bits per heavy atom. The molecule has 180 valence electrons. The highest BCUT2D eigenvalue weighted by Crippen LogP contribution is 2.60. The van der Waals surface area contributed by atoms with E-state index in [-0.39, 0.29) is 5.41 Å². The molecular formula is C28H35ClN4O. The molecule has 1 aliphatic heterocycles. The fraction of sp³-hybridized carbons (Fsp3) is 0.607. The largest absolute Gasteiger partial charge is 0.353 e. The Balaban J connectivity index is 1.19. The molecule has 0 spiro atoms. The lowest BCUT2D eigenvalue weighted by molar-refractivity contribution is -0.158. The number of amides is 1. The molecule has 1 amide bonds. The molecule has 6 heteroatoms. The number of aromatic nitrogens is 2. The molecule has 34 heavy (non-hydrogen) atoms. The average Bonchev–Trinajstić information content (AvgIpc) is 2.80. The zero-order chi connectivity index (χ0) is 23.4. The van der Waals surface area contributed by atoms with Crippen molar-refractivity contribution in [3.8, 4) is 0 Å². The molecule has 5 aliphatic rings. The minimum absolute atomic E-state index is 0.0474. The second kappa shape index (κ2) is 8.51. The zero-order valence-electron chi connectivity index (χ0n) is 20.4. The Bertz CT molecular complexity index is 1070. The van der Waals surface area contributed by atoms with Crippen LogP contribution in [0.15, 0.2) is 24.3 Å². The van der Waals surface area contributed by atoms with Gasteiger partial charge in [-0.25, -0.2) is 9.97 Å². The van der Waals surface area contributed by atoms with E-state index in [2.05, 4.69) is 27.8 Å². The quantitative estimate of drug-likeness (QED) is 0.605. The molecule has 1 saturated heterocycles. The maximum Gasteiger partial charge on any atom is 0.228 e. The first-order chi connectivity index (χ1) is 16.4. The van der Waals surface area contributed by atoms with Gasteiger partial charge in [0.05, 0.1) is 5.41 Å². The number of hydrogen-bond acceptors (Lipinski definition) is 4. The van der Waals surface area contributed by atoms with Crippen molar-refractivity contribution in [2.24, 2.45) is 23.2 Å². The summed E-state index contributed by atoms with van der Waals surface area (Å²) in [6.07, 6.45) is 8.27. The summed E-state index contributed by atoms with van der Waals surface area (Å²) < 4.78 is 0. The van der Waals surface area contributed by atoms with Gasteiger partial charge >= 0.3 is 0 Å². The minimum atomic E-state index is -0.0474. The summed E-state index contributed by atoms with van der Waals surface area (Å²) in [6.45, 7) is 7.25. The lowest BCUT2D eigenvalue weighted by Gasteiger charge is -2.57.